The van der Waals surface area contributed by atoms with Gasteiger partial charge < -0.3 is 4.74 Å². The fourth-order valence-electron chi connectivity index (χ4n) is 8.39. The molecule has 0 amide bonds. The first kappa shape index (κ1) is 34.0. The van der Waals surface area contributed by atoms with Gasteiger partial charge in [-0.25, -0.2) is 19.9 Å². The third-order valence-corrected chi connectivity index (χ3v) is 11.0. The SMILES string of the molecule is CC(C)c1cccc(C(C)(C)C)c1-n1c2cccnc2n2c3cc(Oc4ccc5nc6n(-c7ccccc7C(C)(C)C)c7cccnc7n6c5c4)ccc3nc12. The van der Waals surface area contributed by atoms with Gasteiger partial charge in [0.05, 0.1) is 44.5 Å². The van der Waals surface area contributed by atoms with E-state index in [1.54, 1.807) is 0 Å². The lowest BCUT2D eigenvalue weighted by Crippen LogP contribution is -2.17. The molecule has 0 radical (unpaired) electrons. The van der Waals surface area contributed by atoms with E-state index < -0.39 is 0 Å². The Labute approximate surface area is 324 Å². The van der Waals surface area contributed by atoms with Crippen LogP contribution >= 0.6 is 0 Å². The number of para-hydroxylation sites is 2. The smallest absolute Gasteiger partial charge is 0.221 e. The highest BCUT2D eigenvalue weighted by atomic mass is 16.5. The summed E-state index contributed by atoms with van der Waals surface area (Å²) in [5, 5.41) is 0. The minimum Gasteiger partial charge on any atom is -0.457 e. The number of nitrogens with zero attached hydrogens (tertiary/aromatic N) is 8. The summed E-state index contributed by atoms with van der Waals surface area (Å²) in [5.74, 6) is 3.35. The van der Waals surface area contributed by atoms with Crippen LogP contribution in [0.25, 0.3) is 67.3 Å². The van der Waals surface area contributed by atoms with Crippen molar-refractivity contribution in [3.8, 4) is 22.9 Å². The quantitative estimate of drug-likeness (QED) is 0.176. The molecule has 0 saturated carbocycles. The van der Waals surface area contributed by atoms with Crippen molar-refractivity contribution in [2.24, 2.45) is 0 Å². The molecule has 0 saturated heterocycles. The number of imidazole rings is 4. The topological polar surface area (TPSA) is 79.5 Å². The first-order valence-electron chi connectivity index (χ1n) is 19.4. The molecule has 0 fully saturated rings. The maximum atomic E-state index is 6.68. The molecular formula is C47H44N8O. The van der Waals surface area contributed by atoms with Gasteiger partial charge in [-0.15, -0.1) is 0 Å². The Morgan fingerprint density at radius 2 is 1.07 bits per heavy atom. The number of rotatable bonds is 5. The third-order valence-electron chi connectivity index (χ3n) is 11.0. The fourth-order valence-corrected chi connectivity index (χ4v) is 8.39. The van der Waals surface area contributed by atoms with Crippen LogP contribution in [-0.4, -0.2) is 37.9 Å². The molecule has 0 spiro atoms. The zero-order valence-electron chi connectivity index (χ0n) is 33.0. The Hall–Kier alpha value is -6.48. The monoisotopic (exact) mass is 736 g/mol. The molecule has 9 nitrogen and oxygen atoms in total. The second-order valence-corrected chi connectivity index (χ2v) is 17.2. The minimum absolute atomic E-state index is 0.0689. The number of hydrogen-bond acceptors (Lipinski definition) is 5. The molecule has 0 aliphatic heterocycles. The molecule has 6 heterocycles. The molecule has 0 atom stereocenters. The first-order valence-corrected chi connectivity index (χ1v) is 19.4. The number of ether oxygens (including phenoxy) is 1. The molecule has 0 bridgehead atoms. The number of fused-ring (bicyclic) bond motifs is 10. The molecule has 0 aliphatic carbocycles. The summed E-state index contributed by atoms with van der Waals surface area (Å²) in [7, 11) is 0. The molecule has 10 rings (SSSR count). The molecule has 0 N–H and O–H groups in total. The lowest BCUT2D eigenvalue weighted by molar-refractivity contribution is 0.484. The highest BCUT2D eigenvalue weighted by molar-refractivity contribution is 5.93. The van der Waals surface area contributed by atoms with Gasteiger partial charge in [-0.1, -0.05) is 91.8 Å². The predicted octanol–water partition coefficient (Wildman–Crippen LogP) is 11.5. The van der Waals surface area contributed by atoms with Crippen LogP contribution < -0.4 is 4.74 Å². The van der Waals surface area contributed by atoms with Crippen molar-refractivity contribution < 1.29 is 4.74 Å². The van der Waals surface area contributed by atoms with E-state index in [4.69, 9.17) is 24.7 Å². The zero-order chi connectivity index (χ0) is 38.7. The van der Waals surface area contributed by atoms with Gasteiger partial charge in [-0.3, -0.25) is 17.9 Å². The van der Waals surface area contributed by atoms with Crippen LogP contribution in [0.15, 0.2) is 116 Å². The maximum absolute atomic E-state index is 6.68. The minimum atomic E-state index is -0.0902. The van der Waals surface area contributed by atoms with Crippen LogP contribution in [0, 0.1) is 0 Å². The van der Waals surface area contributed by atoms with Crippen molar-refractivity contribution in [3.05, 3.63) is 132 Å². The maximum Gasteiger partial charge on any atom is 0.221 e. The Kier molecular flexibility index (Phi) is 7.30. The van der Waals surface area contributed by atoms with E-state index in [1.807, 2.05) is 48.8 Å². The fraction of sp³-hybridized carbons (Fsp3) is 0.234. The Morgan fingerprint density at radius 1 is 0.536 bits per heavy atom. The van der Waals surface area contributed by atoms with Gasteiger partial charge in [0.1, 0.15) is 11.5 Å². The van der Waals surface area contributed by atoms with E-state index in [0.717, 1.165) is 61.6 Å². The zero-order valence-corrected chi connectivity index (χ0v) is 33.0. The lowest BCUT2D eigenvalue weighted by Gasteiger charge is -2.27. The van der Waals surface area contributed by atoms with Crippen LogP contribution in [0.5, 0.6) is 11.5 Å². The molecule has 278 valence electrons. The first-order chi connectivity index (χ1) is 26.9. The van der Waals surface area contributed by atoms with Gasteiger partial charge in [0.25, 0.3) is 0 Å². The van der Waals surface area contributed by atoms with Crippen LogP contribution in [-0.2, 0) is 10.8 Å². The summed E-state index contributed by atoms with van der Waals surface area (Å²) in [6.45, 7) is 18.1. The average molecular weight is 737 g/mol. The van der Waals surface area contributed by atoms with E-state index >= 15 is 0 Å². The summed E-state index contributed by atoms with van der Waals surface area (Å²) in [6.07, 6.45) is 3.69. The largest absolute Gasteiger partial charge is 0.457 e. The van der Waals surface area contributed by atoms with Crippen molar-refractivity contribution >= 4 is 55.9 Å². The predicted molar refractivity (Wildman–Crippen MR) is 226 cm³/mol. The molecule has 56 heavy (non-hydrogen) atoms. The van der Waals surface area contributed by atoms with Crippen LogP contribution in [0.2, 0.25) is 0 Å². The van der Waals surface area contributed by atoms with E-state index in [0.29, 0.717) is 17.4 Å². The molecule has 0 unspecified atom stereocenters. The highest BCUT2D eigenvalue weighted by Gasteiger charge is 2.28. The van der Waals surface area contributed by atoms with E-state index in [-0.39, 0.29) is 10.8 Å². The Bertz CT molecular complexity index is 3180. The molecule has 0 aliphatic rings. The van der Waals surface area contributed by atoms with Gasteiger partial charge in [-0.2, -0.15) is 0 Å². The van der Waals surface area contributed by atoms with Gasteiger partial charge in [-0.05, 0) is 88.0 Å². The normalized spacial score (nSPS) is 12.8. The van der Waals surface area contributed by atoms with E-state index in [9.17, 15) is 0 Å². The van der Waals surface area contributed by atoms with Crippen LogP contribution in [0.4, 0.5) is 0 Å². The summed E-state index contributed by atoms with van der Waals surface area (Å²) >= 11 is 0. The summed E-state index contributed by atoms with van der Waals surface area (Å²) < 4.78 is 15.5. The highest BCUT2D eigenvalue weighted by Crippen LogP contribution is 2.40. The Morgan fingerprint density at radius 3 is 1.64 bits per heavy atom. The number of benzene rings is 4. The summed E-state index contributed by atoms with van der Waals surface area (Å²) in [6, 6.07) is 35.6. The van der Waals surface area contributed by atoms with Gasteiger partial charge >= 0.3 is 0 Å². The van der Waals surface area contributed by atoms with Crippen LogP contribution in [0.3, 0.4) is 0 Å². The second kappa shape index (κ2) is 12.0. The van der Waals surface area contributed by atoms with Gasteiger partial charge in [0, 0.05) is 24.5 Å². The van der Waals surface area contributed by atoms with Crippen molar-refractivity contribution in [3.63, 3.8) is 0 Å². The summed E-state index contributed by atoms with van der Waals surface area (Å²) in [4.78, 5) is 20.2. The molecule has 6 aromatic heterocycles. The second-order valence-electron chi connectivity index (χ2n) is 17.2. The third kappa shape index (κ3) is 5.06. The molecule has 9 heteroatoms. The summed E-state index contributed by atoms with van der Waals surface area (Å²) in [5.41, 5.74) is 13.2. The Balaban J connectivity index is 1.13. The number of aromatic nitrogens is 8. The average Bonchev–Trinajstić information content (AvgIpc) is 3.90. The van der Waals surface area contributed by atoms with Gasteiger partial charge in [0.15, 0.2) is 11.3 Å². The van der Waals surface area contributed by atoms with E-state index in [1.165, 1.54) is 22.4 Å². The van der Waals surface area contributed by atoms with E-state index in [2.05, 4.69) is 140 Å². The lowest BCUT2D eigenvalue weighted by atomic mass is 9.83. The van der Waals surface area contributed by atoms with Crippen molar-refractivity contribution in [2.75, 3.05) is 0 Å². The van der Waals surface area contributed by atoms with Crippen LogP contribution in [0.1, 0.15) is 78.0 Å². The molecule has 4 aromatic carbocycles. The number of hydrogen-bond donors (Lipinski definition) is 0. The van der Waals surface area contributed by atoms with Crippen molar-refractivity contribution in [1.82, 2.24) is 37.9 Å². The molecule has 10 aromatic rings. The van der Waals surface area contributed by atoms with Crippen molar-refractivity contribution in [2.45, 2.75) is 72.1 Å². The molecular weight excluding hydrogens is 693 g/mol. The van der Waals surface area contributed by atoms with Gasteiger partial charge in [0.2, 0.25) is 11.6 Å². The van der Waals surface area contributed by atoms with Crippen molar-refractivity contribution in [1.29, 1.82) is 0 Å². The standard InChI is InChI=1S/C47H44N8O/c1-28(2)31-14-11-16-33(47(6,7)8)41(31)53-38-19-13-25-49-43(38)55-40-27-30(21-23-35(40)51-45(53)55)56-29-20-22-34-39(26-29)54-42-37(18-12-24-48-42)52(44(54)50-34)36-17-10-9-15-32(36)46(3,4)5/h9-28H,1-8H3. The number of pyridine rings is 2.